The average Bonchev–Trinajstić information content (AvgIpc) is 3.00. The van der Waals surface area contributed by atoms with Gasteiger partial charge in [0.2, 0.25) is 5.91 Å². The van der Waals surface area contributed by atoms with Crippen molar-refractivity contribution in [2.24, 2.45) is 5.92 Å². The van der Waals surface area contributed by atoms with Crippen molar-refractivity contribution in [2.45, 2.75) is 65.5 Å². The van der Waals surface area contributed by atoms with Crippen LogP contribution in [-0.2, 0) is 24.2 Å². The van der Waals surface area contributed by atoms with Gasteiger partial charge in [-0.05, 0) is 74.9 Å². The largest absolute Gasteiger partial charge is 0.317 e. The quantitative estimate of drug-likeness (QED) is 0.504. The third-order valence-electron chi connectivity index (χ3n) is 6.14. The summed E-state index contributed by atoms with van der Waals surface area (Å²) in [4.78, 5) is 16.4. The molecule has 6 heteroatoms. The molecule has 0 aliphatic heterocycles. The number of nitrogens with one attached hydrogen (secondary N) is 1. The number of benzene rings is 1. The van der Waals surface area contributed by atoms with Gasteiger partial charge in [-0.1, -0.05) is 43.1 Å². The van der Waals surface area contributed by atoms with Gasteiger partial charge in [-0.3, -0.25) is 9.69 Å². The van der Waals surface area contributed by atoms with E-state index in [0.29, 0.717) is 16.1 Å². The molecule has 1 aromatic heterocycles. The van der Waals surface area contributed by atoms with E-state index < -0.39 is 0 Å². The molecule has 1 amide bonds. The number of carbonyl (C=O) groups is 1. The number of likely N-dealkylation sites (N-methyl/N-ethyl adjacent to an activating group) is 1. The zero-order valence-electron chi connectivity index (χ0n) is 17.6. The van der Waals surface area contributed by atoms with Crippen LogP contribution in [0.2, 0.25) is 10.0 Å². The van der Waals surface area contributed by atoms with Crippen molar-refractivity contribution in [1.82, 2.24) is 4.90 Å². The van der Waals surface area contributed by atoms with Crippen molar-refractivity contribution in [3.8, 4) is 0 Å². The average molecular weight is 453 g/mol. The molecular weight excluding hydrogens is 423 g/mol. The Kier molecular flexibility index (Phi) is 7.66. The van der Waals surface area contributed by atoms with E-state index in [4.69, 9.17) is 23.2 Å². The van der Waals surface area contributed by atoms with Gasteiger partial charge in [0.05, 0.1) is 15.0 Å². The van der Waals surface area contributed by atoms with Gasteiger partial charge in [-0.25, -0.2) is 0 Å². The molecule has 1 heterocycles. The molecule has 1 aliphatic rings. The molecule has 1 N–H and O–H groups in total. The summed E-state index contributed by atoms with van der Waals surface area (Å²) in [7, 11) is 2.18. The molecule has 0 bridgehead atoms. The first-order valence-electron chi connectivity index (χ1n) is 10.4. The topological polar surface area (TPSA) is 32.3 Å². The standard InChI is InChI=1S/C23H30Cl2N2OS/c1-5-16(6-2)22(28)26-23-14(3)18-9-8-17(12-21(18)29-23)27(4)13-15-7-10-19(24)20(25)11-15/h7,10-11,16-17H,5-6,8-9,12-13H2,1-4H3,(H,26,28). The summed E-state index contributed by atoms with van der Waals surface area (Å²) in [6.45, 7) is 7.15. The molecule has 0 fully saturated rings. The number of halogens is 2. The van der Waals surface area contributed by atoms with E-state index in [1.54, 1.807) is 11.3 Å². The van der Waals surface area contributed by atoms with Crippen LogP contribution in [0, 0.1) is 12.8 Å². The minimum Gasteiger partial charge on any atom is -0.317 e. The molecule has 158 valence electrons. The van der Waals surface area contributed by atoms with Crippen molar-refractivity contribution in [3.05, 3.63) is 49.8 Å². The van der Waals surface area contributed by atoms with Crippen LogP contribution in [0.15, 0.2) is 18.2 Å². The van der Waals surface area contributed by atoms with E-state index in [0.717, 1.165) is 43.6 Å². The second-order valence-corrected chi connectivity index (χ2v) is 9.94. The molecule has 3 nitrogen and oxygen atoms in total. The molecule has 1 aliphatic carbocycles. The van der Waals surface area contributed by atoms with Gasteiger partial charge in [-0.2, -0.15) is 0 Å². The summed E-state index contributed by atoms with van der Waals surface area (Å²) in [6, 6.07) is 6.34. The Hall–Kier alpha value is -1.07. The molecule has 1 aromatic carbocycles. The number of nitrogens with zero attached hydrogens (tertiary/aromatic N) is 1. The molecule has 0 saturated heterocycles. The minimum atomic E-state index is 0.0959. The second kappa shape index (κ2) is 9.82. The van der Waals surface area contributed by atoms with Crippen LogP contribution in [0.3, 0.4) is 0 Å². The number of amides is 1. The third kappa shape index (κ3) is 5.16. The predicted octanol–water partition coefficient (Wildman–Crippen LogP) is 6.73. The third-order valence-corrected chi connectivity index (χ3v) is 8.15. The van der Waals surface area contributed by atoms with Gasteiger partial charge in [0.1, 0.15) is 0 Å². The van der Waals surface area contributed by atoms with E-state index in [1.165, 1.54) is 21.6 Å². The van der Waals surface area contributed by atoms with Crippen molar-refractivity contribution >= 4 is 45.4 Å². The van der Waals surface area contributed by atoms with E-state index in [-0.39, 0.29) is 11.8 Å². The van der Waals surface area contributed by atoms with Crippen molar-refractivity contribution in [3.63, 3.8) is 0 Å². The van der Waals surface area contributed by atoms with Gasteiger partial charge < -0.3 is 5.32 Å². The van der Waals surface area contributed by atoms with E-state index in [9.17, 15) is 4.79 Å². The Bertz CT molecular complexity index is 876. The van der Waals surface area contributed by atoms with Gasteiger partial charge in [-0.15, -0.1) is 11.3 Å². The highest BCUT2D eigenvalue weighted by molar-refractivity contribution is 7.16. The molecule has 0 spiro atoms. The number of hydrogen-bond donors (Lipinski definition) is 1. The SMILES string of the molecule is CCC(CC)C(=O)Nc1sc2c(c1C)CCC(N(C)Cc1ccc(Cl)c(Cl)c1)C2. The molecule has 1 atom stereocenters. The number of hydrogen-bond acceptors (Lipinski definition) is 3. The summed E-state index contributed by atoms with van der Waals surface area (Å²) < 4.78 is 0. The summed E-state index contributed by atoms with van der Waals surface area (Å²) in [5, 5.41) is 5.45. The Labute approximate surface area is 188 Å². The van der Waals surface area contributed by atoms with Crippen molar-refractivity contribution in [2.75, 3.05) is 12.4 Å². The number of anilines is 1. The number of fused-ring (bicyclic) bond motifs is 1. The Balaban J connectivity index is 1.68. The molecule has 1 unspecified atom stereocenters. The smallest absolute Gasteiger partial charge is 0.228 e. The second-order valence-electron chi connectivity index (χ2n) is 8.02. The van der Waals surface area contributed by atoms with E-state index in [1.807, 2.05) is 18.2 Å². The molecular formula is C23H30Cl2N2OS. The number of carbonyl (C=O) groups excluding carboxylic acids is 1. The van der Waals surface area contributed by atoms with Crippen molar-refractivity contribution < 1.29 is 4.79 Å². The first-order valence-corrected chi connectivity index (χ1v) is 12.0. The highest BCUT2D eigenvalue weighted by Gasteiger charge is 2.27. The lowest BCUT2D eigenvalue weighted by Crippen LogP contribution is -2.35. The summed E-state index contributed by atoms with van der Waals surface area (Å²) in [5.41, 5.74) is 3.87. The fraction of sp³-hybridized carbons (Fsp3) is 0.522. The molecule has 0 saturated carbocycles. The lowest BCUT2D eigenvalue weighted by Gasteiger charge is -2.31. The zero-order valence-corrected chi connectivity index (χ0v) is 20.0. The van der Waals surface area contributed by atoms with Gasteiger partial charge >= 0.3 is 0 Å². The fourth-order valence-corrected chi connectivity index (χ4v) is 5.80. The lowest BCUT2D eigenvalue weighted by atomic mass is 9.91. The van der Waals surface area contributed by atoms with Crippen LogP contribution in [0.5, 0.6) is 0 Å². The van der Waals surface area contributed by atoms with Crippen LogP contribution < -0.4 is 5.32 Å². The summed E-state index contributed by atoms with van der Waals surface area (Å²) in [5.74, 6) is 0.253. The Morgan fingerprint density at radius 1 is 1.28 bits per heavy atom. The van der Waals surface area contributed by atoms with Crippen LogP contribution in [0.4, 0.5) is 5.00 Å². The maximum absolute atomic E-state index is 12.5. The predicted molar refractivity (Wildman–Crippen MR) is 125 cm³/mol. The first-order chi connectivity index (χ1) is 13.8. The number of thiophene rings is 1. The van der Waals surface area contributed by atoms with Crippen LogP contribution in [0.25, 0.3) is 0 Å². The van der Waals surface area contributed by atoms with Crippen LogP contribution in [-0.4, -0.2) is 23.9 Å². The maximum atomic E-state index is 12.5. The van der Waals surface area contributed by atoms with Crippen LogP contribution >= 0.6 is 34.5 Å². The van der Waals surface area contributed by atoms with E-state index >= 15 is 0 Å². The molecule has 29 heavy (non-hydrogen) atoms. The molecule has 3 rings (SSSR count). The first kappa shape index (κ1) is 22.6. The molecule has 2 aromatic rings. The highest BCUT2D eigenvalue weighted by atomic mass is 35.5. The normalized spacial score (nSPS) is 16.3. The minimum absolute atomic E-state index is 0.0959. The van der Waals surface area contributed by atoms with E-state index in [2.05, 4.69) is 38.0 Å². The Morgan fingerprint density at radius 3 is 2.66 bits per heavy atom. The van der Waals surface area contributed by atoms with Crippen LogP contribution in [0.1, 0.15) is 54.7 Å². The Morgan fingerprint density at radius 2 is 2.00 bits per heavy atom. The zero-order chi connectivity index (χ0) is 21.1. The molecule has 0 radical (unpaired) electrons. The fourth-order valence-electron chi connectivity index (χ4n) is 4.15. The van der Waals surface area contributed by atoms with Gasteiger partial charge in [0.25, 0.3) is 0 Å². The van der Waals surface area contributed by atoms with Gasteiger partial charge in [0, 0.05) is 23.4 Å². The lowest BCUT2D eigenvalue weighted by molar-refractivity contribution is -0.120. The van der Waals surface area contributed by atoms with Crippen molar-refractivity contribution in [1.29, 1.82) is 0 Å². The summed E-state index contributed by atoms with van der Waals surface area (Å²) >= 11 is 14.0. The monoisotopic (exact) mass is 452 g/mol. The van der Waals surface area contributed by atoms with Gasteiger partial charge in [0.15, 0.2) is 0 Å². The maximum Gasteiger partial charge on any atom is 0.228 e. The summed E-state index contributed by atoms with van der Waals surface area (Å²) in [6.07, 6.45) is 4.98. The number of rotatable bonds is 7. The highest BCUT2D eigenvalue weighted by Crippen LogP contribution is 2.39.